The lowest BCUT2D eigenvalue weighted by Gasteiger charge is -2.04. The second kappa shape index (κ2) is 17.7. The van der Waals surface area contributed by atoms with Gasteiger partial charge in [-0.1, -0.05) is 96.1 Å². The van der Waals surface area contributed by atoms with Crippen LogP contribution >= 0.6 is 0 Å². The van der Waals surface area contributed by atoms with Crippen molar-refractivity contribution in [2.24, 2.45) is 5.92 Å². The van der Waals surface area contributed by atoms with Gasteiger partial charge in [0.1, 0.15) is 11.7 Å². The molecular formula is C22H40O3. The van der Waals surface area contributed by atoms with Crippen LogP contribution in [0.15, 0.2) is 12.2 Å². The average Bonchev–Trinajstić information content (AvgIpc) is 2.57. The fraction of sp³-hybridized carbons (Fsp3) is 0.818. The Kier molecular flexibility index (Phi) is 16.9. The number of unbranched alkanes of at least 4 members (excludes halogenated alkanes) is 13. The summed E-state index contributed by atoms with van der Waals surface area (Å²) < 4.78 is 0. The van der Waals surface area contributed by atoms with Crippen LogP contribution < -0.4 is 0 Å². The number of aliphatic carboxylic acids is 1. The summed E-state index contributed by atoms with van der Waals surface area (Å²) in [6.07, 6.45) is 22.8. The zero-order chi connectivity index (χ0) is 18.8. The van der Waals surface area contributed by atoms with Crippen molar-refractivity contribution in [3.05, 3.63) is 12.2 Å². The Labute approximate surface area is 155 Å². The van der Waals surface area contributed by atoms with Gasteiger partial charge in [-0.25, -0.2) is 0 Å². The molecule has 1 unspecified atom stereocenters. The molecule has 0 aliphatic carbocycles. The van der Waals surface area contributed by atoms with Crippen LogP contribution in [0.25, 0.3) is 0 Å². The Morgan fingerprint density at radius 1 is 0.760 bits per heavy atom. The summed E-state index contributed by atoms with van der Waals surface area (Å²) in [6.45, 7) is 3.61. The normalized spacial score (nSPS) is 12.6. The van der Waals surface area contributed by atoms with E-state index < -0.39 is 11.9 Å². The molecule has 0 saturated carbocycles. The molecule has 0 aromatic rings. The van der Waals surface area contributed by atoms with Crippen LogP contribution in [-0.4, -0.2) is 16.9 Å². The van der Waals surface area contributed by atoms with Crippen molar-refractivity contribution in [2.75, 3.05) is 0 Å². The number of allylic oxidation sites excluding steroid dienone is 2. The lowest BCUT2D eigenvalue weighted by molar-refractivity contribution is -0.145. The SMILES string of the molecule is CCCCCCCCCCCCCCCC=CCC(C(C)=O)C(=O)O. The van der Waals surface area contributed by atoms with Crippen molar-refractivity contribution in [2.45, 2.75) is 110 Å². The highest BCUT2D eigenvalue weighted by molar-refractivity contribution is 5.96. The molecule has 3 nitrogen and oxygen atoms in total. The molecule has 0 fully saturated rings. The molecule has 0 rings (SSSR count). The first-order valence-corrected chi connectivity index (χ1v) is 10.5. The van der Waals surface area contributed by atoms with Crippen molar-refractivity contribution >= 4 is 11.8 Å². The molecule has 3 heteroatoms. The van der Waals surface area contributed by atoms with Gasteiger partial charge in [0.05, 0.1) is 0 Å². The Hall–Kier alpha value is -1.12. The summed E-state index contributed by atoms with van der Waals surface area (Å²) in [6, 6.07) is 0. The number of carbonyl (C=O) groups is 2. The van der Waals surface area contributed by atoms with E-state index in [-0.39, 0.29) is 5.78 Å². The minimum atomic E-state index is -1.02. The Bertz CT molecular complexity index is 346. The van der Waals surface area contributed by atoms with Gasteiger partial charge in [0, 0.05) is 0 Å². The van der Waals surface area contributed by atoms with Gasteiger partial charge in [-0.2, -0.15) is 0 Å². The smallest absolute Gasteiger partial charge is 0.314 e. The van der Waals surface area contributed by atoms with E-state index in [0.29, 0.717) is 6.42 Å². The highest BCUT2D eigenvalue weighted by Gasteiger charge is 2.20. The third-order valence-electron chi connectivity index (χ3n) is 4.80. The van der Waals surface area contributed by atoms with Crippen LogP contribution in [0, 0.1) is 5.92 Å². The second-order valence-electron chi connectivity index (χ2n) is 7.24. The van der Waals surface area contributed by atoms with E-state index in [1.54, 1.807) is 0 Å². The molecule has 1 N–H and O–H groups in total. The minimum Gasteiger partial charge on any atom is -0.481 e. The summed E-state index contributed by atoms with van der Waals surface area (Å²) in [5.41, 5.74) is 0. The number of rotatable bonds is 18. The number of hydrogen-bond acceptors (Lipinski definition) is 2. The minimum absolute atomic E-state index is 0.266. The third kappa shape index (κ3) is 16.1. The number of Topliss-reactive ketones (excluding diaryl/α,β-unsaturated/α-hetero) is 1. The van der Waals surface area contributed by atoms with Crippen LogP contribution in [0.3, 0.4) is 0 Å². The first kappa shape index (κ1) is 23.9. The number of carboxylic acid groups (broad SMARTS) is 1. The topological polar surface area (TPSA) is 54.4 Å². The van der Waals surface area contributed by atoms with Crippen molar-refractivity contribution in [3.63, 3.8) is 0 Å². The van der Waals surface area contributed by atoms with Gasteiger partial charge in [0.2, 0.25) is 0 Å². The largest absolute Gasteiger partial charge is 0.481 e. The predicted molar refractivity (Wildman–Crippen MR) is 106 cm³/mol. The molecule has 0 radical (unpaired) electrons. The van der Waals surface area contributed by atoms with Crippen molar-refractivity contribution in [3.8, 4) is 0 Å². The molecule has 0 aliphatic heterocycles. The third-order valence-corrected chi connectivity index (χ3v) is 4.80. The van der Waals surface area contributed by atoms with Crippen molar-refractivity contribution in [1.82, 2.24) is 0 Å². The first-order chi connectivity index (χ1) is 12.1. The summed E-state index contributed by atoms with van der Waals surface area (Å²) in [7, 11) is 0. The fourth-order valence-electron chi connectivity index (χ4n) is 3.07. The predicted octanol–water partition coefficient (Wildman–Crippen LogP) is 6.70. The quantitative estimate of drug-likeness (QED) is 0.169. The molecule has 0 spiro atoms. The molecule has 0 amide bonds. The maximum Gasteiger partial charge on any atom is 0.314 e. The number of ketones is 1. The molecular weight excluding hydrogens is 312 g/mol. The van der Waals surface area contributed by atoms with Gasteiger partial charge >= 0.3 is 5.97 Å². The number of hydrogen-bond donors (Lipinski definition) is 1. The van der Waals surface area contributed by atoms with E-state index in [2.05, 4.69) is 6.92 Å². The molecule has 0 aromatic heterocycles. The van der Waals surface area contributed by atoms with Crippen molar-refractivity contribution < 1.29 is 14.7 Å². The zero-order valence-corrected chi connectivity index (χ0v) is 16.6. The molecule has 0 aliphatic rings. The zero-order valence-electron chi connectivity index (χ0n) is 16.6. The summed E-state index contributed by atoms with van der Waals surface area (Å²) in [5.74, 6) is -2.15. The van der Waals surface area contributed by atoms with Gasteiger partial charge in [-0.05, 0) is 26.2 Å². The number of carboxylic acids is 1. The Morgan fingerprint density at radius 2 is 1.20 bits per heavy atom. The van der Waals surface area contributed by atoms with E-state index in [9.17, 15) is 9.59 Å². The molecule has 0 saturated heterocycles. The van der Waals surface area contributed by atoms with E-state index >= 15 is 0 Å². The molecule has 0 heterocycles. The van der Waals surface area contributed by atoms with Gasteiger partial charge < -0.3 is 5.11 Å². The lowest BCUT2D eigenvalue weighted by Crippen LogP contribution is -2.20. The molecule has 25 heavy (non-hydrogen) atoms. The van der Waals surface area contributed by atoms with E-state index in [1.165, 1.54) is 84.0 Å². The number of carbonyl (C=O) groups excluding carboxylic acids is 1. The molecule has 0 bridgehead atoms. The molecule has 146 valence electrons. The maximum atomic E-state index is 11.2. The van der Waals surface area contributed by atoms with Crippen LogP contribution in [0.4, 0.5) is 0 Å². The van der Waals surface area contributed by atoms with Crippen LogP contribution in [0.2, 0.25) is 0 Å². The first-order valence-electron chi connectivity index (χ1n) is 10.5. The van der Waals surface area contributed by atoms with Gasteiger partial charge in [-0.15, -0.1) is 0 Å². The Morgan fingerprint density at radius 3 is 1.60 bits per heavy atom. The van der Waals surface area contributed by atoms with E-state index in [4.69, 9.17) is 5.11 Å². The standard InChI is InChI=1S/C22H40O3/c1-3-4-5-6-7-8-9-10-11-12-13-14-15-16-17-18-19-21(20(2)23)22(24)25/h17-18,21H,3-16,19H2,1-2H3,(H,24,25). The lowest BCUT2D eigenvalue weighted by atomic mass is 10.0. The Balaban J connectivity index is 3.32. The van der Waals surface area contributed by atoms with Crippen LogP contribution in [0.1, 0.15) is 110 Å². The van der Waals surface area contributed by atoms with E-state index in [1.807, 2.05) is 12.2 Å². The van der Waals surface area contributed by atoms with Gasteiger partial charge in [0.25, 0.3) is 0 Å². The van der Waals surface area contributed by atoms with Crippen LogP contribution in [0.5, 0.6) is 0 Å². The van der Waals surface area contributed by atoms with E-state index in [0.717, 1.165) is 12.8 Å². The fourth-order valence-corrected chi connectivity index (χ4v) is 3.07. The average molecular weight is 353 g/mol. The summed E-state index contributed by atoms with van der Waals surface area (Å²) in [4.78, 5) is 22.0. The maximum absolute atomic E-state index is 11.2. The molecule has 1 atom stereocenters. The van der Waals surface area contributed by atoms with Gasteiger partial charge in [-0.3, -0.25) is 9.59 Å². The monoisotopic (exact) mass is 352 g/mol. The molecule has 0 aromatic carbocycles. The summed E-state index contributed by atoms with van der Waals surface area (Å²) in [5, 5.41) is 8.91. The highest BCUT2D eigenvalue weighted by atomic mass is 16.4. The second-order valence-corrected chi connectivity index (χ2v) is 7.24. The highest BCUT2D eigenvalue weighted by Crippen LogP contribution is 2.13. The summed E-state index contributed by atoms with van der Waals surface area (Å²) >= 11 is 0. The van der Waals surface area contributed by atoms with Crippen LogP contribution in [-0.2, 0) is 9.59 Å². The van der Waals surface area contributed by atoms with Gasteiger partial charge in [0.15, 0.2) is 0 Å². The van der Waals surface area contributed by atoms with Crippen molar-refractivity contribution in [1.29, 1.82) is 0 Å².